The molecule has 6 nitrogen and oxygen atoms in total. The maximum absolute atomic E-state index is 11.7. The maximum atomic E-state index is 11.7. The van der Waals surface area contributed by atoms with E-state index in [1.165, 1.54) is 11.7 Å². The molecular formula is C6H11BrN4O2S. The Morgan fingerprint density at radius 3 is 2.43 bits per heavy atom. The maximum Gasteiger partial charge on any atom is 0.260 e. The van der Waals surface area contributed by atoms with Crippen LogP contribution in [0.2, 0.25) is 0 Å². The molecule has 0 saturated heterocycles. The highest BCUT2D eigenvalue weighted by molar-refractivity contribution is 9.10. The molecule has 0 aliphatic heterocycles. The molecule has 0 amide bonds. The third kappa shape index (κ3) is 2.31. The van der Waals surface area contributed by atoms with E-state index >= 15 is 0 Å². The Kier molecular flexibility index (Phi) is 3.28. The Morgan fingerprint density at radius 2 is 2.07 bits per heavy atom. The van der Waals surface area contributed by atoms with Crippen molar-refractivity contribution in [1.82, 2.24) is 19.7 Å². The summed E-state index contributed by atoms with van der Waals surface area (Å²) >= 11 is 3.03. The number of aromatic nitrogens is 3. The van der Waals surface area contributed by atoms with Gasteiger partial charge in [-0.15, -0.1) is 5.10 Å². The Labute approximate surface area is 90.9 Å². The second kappa shape index (κ2) is 3.95. The first kappa shape index (κ1) is 11.6. The minimum absolute atomic E-state index is 0.0335. The third-order valence-corrected chi connectivity index (χ3v) is 3.93. The number of hydrogen-bond donors (Lipinski definition) is 1. The molecule has 1 heterocycles. The number of nitrogens with one attached hydrogen (secondary N) is 1. The van der Waals surface area contributed by atoms with Gasteiger partial charge in [-0.2, -0.15) is 0 Å². The van der Waals surface area contributed by atoms with Crippen LogP contribution < -0.4 is 4.72 Å². The molecule has 0 unspecified atom stereocenters. The lowest BCUT2D eigenvalue weighted by atomic mass is 10.4. The molecule has 0 spiro atoms. The van der Waals surface area contributed by atoms with Crippen LogP contribution in [0.15, 0.2) is 9.63 Å². The number of hydrogen-bond acceptors (Lipinski definition) is 4. The molecule has 0 bridgehead atoms. The van der Waals surface area contributed by atoms with Crippen molar-refractivity contribution in [2.45, 2.75) is 24.9 Å². The first-order chi connectivity index (χ1) is 6.34. The zero-order valence-corrected chi connectivity index (χ0v) is 10.4. The summed E-state index contributed by atoms with van der Waals surface area (Å²) in [6.45, 7) is 3.49. The summed E-state index contributed by atoms with van der Waals surface area (Å²) in [5.41, 5.74) is 0. The summed E-state index contributed by atoms with van der Waals surface area (Å²) in [7, 11) is -2.02. The lowest BCUT2D eigenvalue weighted by Crippen LogP contribution is -2.31. The highest BCUT2D eigenvalue weighted by Gasteiger charge is 2.24. The van der Waals surface area contributed by atoms with Gasteiger partial charge in [0.15, 0.2) is 4.60 Å². The van der Waals surface area contributed by atoms with Gasteiger partial charge in [0.05, 0.1) is 0 Å². The smallest absolute Gasteiger partial charge is 0.235 e. The molecular weight excluding hydrogens is 272 g/mol. The average molecular weight is 283 g/mol. The van der Waals surface area contributed by atoms with Gasteiger partial charge in [0.25, 0.3) is 10.0 Å². The minimum atomic E-state index is -3.54. The number of sulfonamides is 1. The summed E-state index contributed by atoms with van der Waals surface area (Å²) in [5.74, 6) is 0. The fourth-order valence-electron chi connectivity index (χ4n) is 0.974. The van der Waals surface area contributed by atoms with Crippen LogP contribution in [0.4, 0.5) is 0 Å². The van der Waals surface area contributed by atoms with E-state index in [-0.39, 0.29) is 15.7 Å². The van der Waals surface area contributed by atoms with E-state index in [0.717, 1.165) is 0 Å². The summed E-state index contributed by atoms with van der Waals surface area (Å²) in [4.78, 5) is 0. The van der Waals surface area contributed by atoms with Gasteiger partial charge < -0.3 is 0 Å². The van der Waals surface area contributed by atoms with Gasteiger partial charge in [-0.1, -0.05) is 5.21 Å². The van der Waals surface area contributed by atoms with Crippen LogP contribution in [0.1, 0.15) is 13.8 Å². The van der Waals surface area contributed by atoms with E-state index in [1.807, 2.05) is 0 Å². The SMILES string of the molecule is CC(C)NS(=O)(=O)c1c(Br)nnn1C. The molecule has 0 aliphatic carbocycles. The zero-order chi connectivity index (χ0) is 10.9. The first-order valence-corrected chi connectivity index (χ1v) is 6.19. The van der Waals surface area contributed by atoms with Crippen LogP contribution in [0.25, 0.3) is 0 Å². The second-order valence-corrected chi connectivity index (χ2v) is 5.47. The Morgan fingerprint density at radius 1 is 1.50 bits per heavy atom. The van der Waals surface area contributed by atoms with Crippen LogP contribution >= 0.6 is 15.9 Å². The predicted molar refractivity (Wildman–Crippen MR) is 54.2 cm³/mol. The number of nitrogens with zero attached hydrogens (tertiary/aromatic N) is 3. The fraction of sp³-hybridized carbons (Fsp3) is 0.667. The Balaban J connectivity index is 3.17. The quantitative estimate of drug-likeness (QED) is 0.863. The van der Waals surface area contributed by atoms with E-state index in [1.54, 1.807) is 13.8 Å². The lowest BCUT2D eigenvalue weighted by Gasteiger charge is -2.08. The van der Waals surface area contributed by atoms with E-state index < -0.39 is 10.0 Å². The van der Waals surface area contributed by atoms with Crippen molar-refractivity contribution in [3.63, 3.8) is 0 Å². The highest BCUT2D eigenvalue weighted by Crippen LogP contribution is 2.17. The predicted octanol–water partition coefficient (Wildman–Crippen LogP) is 0.264. The topological polar surface area (TPSA) is 76.9 Å². The zero-order valence-electron chi connectivity index (χ0n) is 8.02. The molecule has 0 fully saturated rings. The van der Waals surface area contributed by atoms with Gasteiger partial charge in [-0.05, 0) is 29.8 Å². The van der Waals surface area contributed by atoms with E-state index in [9.17, 15) is 8.42 Å². The largest absolute Gasteiger partial charge is 0.260 e. The van der Waals surface area contributed by atoms with E-state index in [2.05, 4.69) is 31.0 Å². The molecule has 8 heteroatoms. The van der Waals surface area contributed by atoms with Gasteiger partial charge in [0.1, 0.15) is 0 Å². The van der Waals surface area contributed by atoms with Gasteiger partial charge >= 0.3 is 0 Å². The summed E-state index contributed by atoms with van der Waals surface area (Å²) in [5, 5.41) is 7.22. The summed E-state index contributed by atoms with van der Waals surface area (Å²) in [6.07, 6.45) is 0. The molecule has 1 aromatic rings. The van der Waals surface area contributed by atoms with Crippen molar-refractivity contribution >= 4 is 26.0 Å². The highest BCUT2D eigenvalue weighted by atomic mass is 79.9. The van der Waals surface area contributed by atoms with Crippen LogP contribution in [0, 0.1) is 0 Å². The van der Waals surface area contributed by atoms with Gasteiger partial charge in [0.2, 0.25) is 5.03 Å². The minimum Gasteiger partial charge on any atom is -0.235 e. The lowest BCUT2D eigenvalue weighted by molar-refractivity contribution is 0.550. The normalized spacial score (nSPS) is 12.4. The molecule has 1 N–H and O–H groups in total. The van der Waals surface area contributed by atoms with Crippen molar-refractivity contribution in [3.05, 3.63) is 4.60 Å². The molecule has 14 heavy (non-hydrogen) atoms. The average Bonchev–Trinajstić information content (AvgIpc) is 2.27. The van der Waals surface area contributed by atoms with Crippen molar-refractivity contribution in [2.75, 3.05) is 0 Å². The molecule has 0 atom stereocenters. The monoisotopic (exact) mass is 282 g/mol. The summed E-state index contributed by atoms with van der Waals surface area (Å²) < 4.78 is 27.3. The van der Waals surface area contributed by atoms with Gasteiger partial charge in [-0.3, -0.25) is 0 Å². The number of aryl methyl sites for hydroxylation is 1. The molecule has 1 rings (SSSR count). The molecule has 0 aliphatic rings. The standard InChI is InChI=1S/C6H11BrN4O2S/c1-4(2)9-14(12,13)6-5(7)8-10-11(6)3/h4,9H,1-3H3. The van der Waals surface area contributed by atoms with Crippen LogP contribution in [0.3, 0.4) is 0 Å². The van der Waals surface area contributed by atoms with Gasteiger partial charge in [-0.25, -0.2) is 17.8 Å². The molecule has 0 saturated carbocycles. The second-order valence-electron chi connectivity index (χ2n) is 3.09. The van der Waals surface area contributed by atoms with Crippen molar-refractivity contribution in [3.8, 4) is 0 Å². The van der Waals surface area contributed by atoms with Gasteiger partial charge in [0, 0.05) is 13.1 Å². The third-order valence-electron chi connectivity index (χ3n) is 1.38. The van der Waals surface area contributed by atoms with E-state index in [4.69, 9.17) is 0 Å². The van der Waals surface area contributed by atoms with Crippen LogP contribution in [-0.2, 0) is 17.1 Å². The number of halogens is 1. The molecule has 80 valence electrons. The molecule has 0 radical (unpaired) electrons. The Hall–Kier alpha value is -0.470. The van der Waals surface area contributed by atoms with E-state index in [0.29, 0.717) is 0 Å². The Bertz CT molecular complexity index is 406. The van der Waals surface area contributed by atoms with Crippen LogP contribution in [-0.4, -0.2) is 29.5 Å². The van der Waals surface area contributed by atoms with Crippen LogP contribution in [0.5, 0.6) is 0 Å². The molecule has 1 aromatic heterocycles. The first-order valence-electron chi connectivity index (χ1n) is 3.92. The fourth-order valence-corrected chi connectivity index (χ4v) is 3.32. The number of rotatable bonds is 3. The van der Waals surface area contributed by atoms with Crippen molar-refractivity contribution in [2.24, 2.45) is 7.05 Å². The van der Waals surface area contributed by atoms with Crippen molar-refractivity contribution in [1.29, 1.82) is 0 Å². The summed E-state index contributed by atoms with van der Waals surface area (Å²) in [6, 6.07) is -0.165. The molecule has 0 aromatic carbocycles. The van der Waals surface area contributed by atoms with Crippen molar-refractivity contribution < 1.29 is 8.42 Å².